The number of nitrogens with one attached hydrogen (secondary N) is 2. The number of unbranched alkanes of at least 4 members (excludes halogenated alkanes) is 3. The van der Waals surface area contributed by atoms with Crippen molar-refractivity contribution in [3.05, 3.63) is 102 Å². The molecule has 0 saturated carbocycles. The van der Waals surface area contributed by atoms with E-state index >= 15 is 0 Å². The van der Waals surface area contributed by atoms with E-state index in [9.17, 15) is 4.79 Å². The fourth-order valence-corrected chi connectivity index (χ4v) is 4.56. The van der Waals surface area contributed by atoms with E-state index in [0.29, 0.717) is 17.9 Å². The zero-order valence-corrected chi connectivity index (χ0v) is 24.7. The topological polar surface area (TPSA) is 95.6 Å². The molecule has 0 aliphatic rings. The maximum Gasteiger partial charge on any atom is 0.247 e. The van der Waals surface area contributed by atoms with Crippen LogP contribution in [0.25, 0.3) is 11.1 Å². The molecule has 0 aliphatic heterocycles. The second-order valence-electron chi connectivity index (χ2n) is 9.83. The molecule has 2 heterocycles. The van der Waals surface area contributed by atoms with Crippen molar-refractivity contribution in [3.63, 3.8) is 0 Å². The molecule has 4 aromatic rings. The van der Waals surface area contributed by atoms with E-state index in [4.69, 9.17) is 5.26 Å². The molecule has 2 aromatic heterocycles. The third-order valence-electron chi connectivity index (χ3n) is 6.76. The molecule has 1 amide bonds. The molecule has 0 bridgehead atoms. The van der Waals surface area contributed by atoms with Gasteiger partial charge in [-0.1, -0.05) is 76.4 Å². The summed E-state index contributed by atoms with van der Waals surface area (Å²) >= 11 is 0. The second-order valence-corrected chi connectivity index (χ2v) is 9.83. The first kappa shape index (κ1) is 31.3. The number of carbonyl (C=O) groups is 1. The van der Waals surface area contributed by atoms with E-state index in [2.05, 4.69) is 45.8 Å². The Morgan fingerprint density at radius 1 is 0.951 bits per heavy atom. The Morgan fingerprint density at radius 2 is 1.76 bits per heavy atom. The highest BCUT2D eigenvalue weighted by molar-refractivity contribution is 5.95. The molecule has 4 rings (SSSR count). The standard InChI is InChI=1S/C32H36N6O.C2H6/c1-3-4-5-6-8-25-9-7-10-27(19-25)31(34-18-17-24-11-13-26(20-33)14-12-24)32(39)37-30-16-15-28(21-35-30)29-22-36-38(2)23-29;1-2/h7,9-16,19,21-23,31,34H,3-6,8,17-18H2,1-2H3,(H,35,37,39);1-2H3. The van der Waals surface area contributed by atoms with Gasteiger partial charge in [-0.25, -0.2) is 4.98 Å². The summed E-state index contributed by atoms with van der Waals surface area (Å²) < 4.78 is 1.75. The molecule has 41 heavy (non-hydrogen) atoms. The lowest BCUT2D eigenvalue weighted by atomic mass is 9.99. The minimum absolute atomic E-state index is 0.153. The van der Waals surface area contributed by atoms with Gasteiger partial charge < -0.3 is 10.6 Å². The SMILES string of the molecule is CC.CCCCCCc1cccc(C(NCCc2ccc(C#N)cc2)C(=O)Nc2ccc(-c3cnn(C)c3)cn2)c1. The number of anilines is 1. The van der Waals surface area contributed by atoms with Crippen LogP contribution in [0.3, 0.4) is 0 Å². The van der Waals surface area contributed by atoms with Crippen molar-refractivity contribution in [1.82, 2.24) is 20.1 Å². The third-order valence-corrected chi connectivity index (χ3v) is 6.76. The lowest BCUT2D eigenvalue weighted by Gasteiger charge is -2.20. The normalized spacial score (nSPS) is 11.2. The van der Waals surface area contributed by atoms with Crippen LogP contribution in [0, 0.1) is 11.3 Å². The summed E-state index contributed by atoms with van der Waals surface area (Å²) in [7, 11) is 1.88. The van der Waals surface area contributed by atoms with Crippen molar-refractivity contribution in [3.8, 4) is 17.2 Å². The van der Waals surface area contributed by atoms with Crippen molar-refractivity contribution in [2.45, 2.75) is 65.3 Å². The Hall–Kier alpha value is -4.28. The van der Waals surface area contributed by atoms with Crippen LogP contribution in [0.2, 0.25) is 0 Å². The Balaban J connectivity index is 0.00000226. The maximum absolute atomic E-state index is 13.5. The predicted molar refractivity (Wildman–Crippen MR) is 166 cm³/mol. The number of nitrogens with zero attached hydrogens (tertiary/aromatic N) is 4. The molecule has 7 heteroatoms. The number of rotatable bonds is 13. The van der Waals surface area contributed by atoms with Gasteiger partial charge in [0.05, 0.1) is 17.8 Å². The average molecular weight is 551 g/mol. The van der Waals surface area contributed by atoms with E-state index in [1.54, 1.807) is 17.1 Å². The molecule has 0 saturated heterocycles. The summed E-state index contributed by atoms with van der Waals surface area (Å²) in [5, 5.41) is 19.7. The monoisotopic (exact) mass is 550 g/mol. The van der Waals surface area contributed by atoms with E-state index < -0.39 is 6.04 Å². The third kappa shape index (κ3) is 9.70. The lowest BCUT2D eigenvalue weighted by molar-refractivity contribution is -0.118. The molecule has 0 fully saturated rings. The Labute approximate surface area is 244 Å². The minimum atomic E-state index is -0.529. The number of amides is 1. The largest absolute Gasteiger partial charge is 0.309 e. The van der Waals surface area contributed by atoms with Gasteiger partial charge in [0.25, 0.3) is 0 Å². The van der Waals surface area contributed by atoms with E-state index in [-0.39, 0.29) is 5.91 Å². The first-order valence-corrected chi connectivity index (χ1v) is 14.6. The summed E-state index contributed by atoms with van der Waals surface area (Å²) in [4.78, 5) is 18.0. The number of nitriles is 1. The molecular weight excluding hydrogens is 508 g/mol. The van der Waals surface area contributed by atoms with Gasteiger partial charge in [0.15, 0.2) is 0 Å². The Bertz CT molecular complexity index is 1390. The number of pyridine rings is 1. The molecular formula is C34H42N6O. The van der Waals surface area contributed by atoms with Gasteiger partial charge in [-0.2, -0.15) is 10.4 Å². The summed E-state index contributed by atoms with van der Waals surface area (Å²) in [6.45, 7) is 6.83. The van der Waals surface area contributed by atoms with Crippen LogP contribution >= 0.6 is 0 Å². The molecule has 0 radical (unpaired) electrons. The molecule has 7 nitrogen and oxygen atoms in total. The van der Waals surface area contributed by atoms with Gasteiger partial charge in [0, 0.05) is 37.1 Å². The minimum Gasteiger partial charge on any atom is -0.309 e. The highest BCUT2D eigenvalue weighted by atomic mass is 16.2. The number of hydrogen-bond acceptors (Lipinski definition) is 5. The van der Waals surface area contributed by atoms with Crippen LogP contribution in [0.5, 0.6) is 0 Å². The Morgan fingerprint density at radius 3 is 2.41 bits per heavy atom. The molecule has 1 atom stereocenters. The fourth-order valence-electron chi connectivity index (χ4n) is 4.56. The highest BCUT2D eigenvalue weighted by Crippen LogP contribution is 2.21. The zero-order valence-electron chi connectivity index (χ0n) is 24.7. The van der Waals surface area contributed by atoms with Crippen molar-refractivity contribution < 1.29 is 4.79 Å². The van der Waals surface area contributed by atoms with Gasteiger partial charge in [-0.15, -0.1) is 0 Å². The van der Waals surface area contributed by atoms with Crippen molar-refractivity contribution in [2.75, 3.05) is 11.9 Å². The van der Waals surface area contributed by atoms with E-state index in [1.165, 1.54) is 24.8 Å². The molecule has 0 aliphatic carbocycles. The van der Waals surface area contributed by atoms with Crippen LogP contribution < -0.4 is 10.6 Å². The molecule has 2 aromatic carbocycles. The number of aromatic nitrogens is 3. The summed E-state index contributed by atoms with van der Waals surface area (Å²) in [5.74, 6) is 0.349. The first-order valence-electron chi connectivity index (χ1n) is 14.6. The summed E-state index contributed by atoms with van der Waals surface area (Å²) in [5.41, 5.74) is 5.84. The zero-order chi connectivity index (χ0) is 29.5. The van der Waals surface area contributed by atoms with E-state index in [1.807, 2.05) is 75.6 Å². The predicted octanol–water partition coefficient (Wildman–Crippen LogP) is 7.01. The molecule has 2 N–H and O–H groups in total. The van der Waals surface area contributed by atoms with Gasteiger partial charge in [0.2, 0.25) is 5.91 Å². The average Bonchev–Trinajstić information content (AvgIpc) is 3.45. The van der Waals surface area contributed by atoms with Crippen LogP contribution in [-0.4, -0.2) is 27.2 Å². The molecule has 214 valence electrons. The van der Waals surface area contributed by atoms with Crippen LogP contribution in [0.4, 0.5) is 5.82 Å². The van der Waals surface area contributed by atoms with Crippen molar-refractivity contribution >= 4 is 11.7 Å². The van der Waals surface area contributed by atoms with Gasteiger partial charge in [-0.3, -0.25) is 9.48 Å². The molecule has 0 spiro atoms. The Kier molecular flexibility index (Phi) is 12.8. The van der Waals surface area contributed by atoms with Crippen LogP contribution in [0.15, 0.2) is 79.3 Å². The lowest BCUT2D eigenvalue weighted by Crippen LogP contribution is -2.34. The van der Waals surface area contributed by atoms with Crippen molar-refractivity contribution in [1.29, 1.82) is 5.26 Å². The van der Waals surface area contributed by atoms with Gasteiger partial charge in [-0.05, 0) is 60.2 Å². The maximum atomic E-state index is 13.5. The van der Waals surface area contributed by atoms with Crippen molar-refractivity contribution in [2.24, 2.45) is 7.05 Å². The van der Waals surface area contributed by atoms with Crippen LogP contribution in [-0.2, 0) is 24.7 Å². The summed E-state index contributed by atoms with van der Waals surface area (Å²) in [6, 6.07) is 21.3. The van der Waals surface area contributed by atoms with Crippen LogP contribution in [0.1, 0.15) is 74.8 Å². The van der Waals surface area contributed by atoms with Gasteiger partial charge in [0.1, 0.15) is 11.9 Å². The quantitative estimate of drug-likeness (QED) is 0.175. The number of hydrogen-bond donors (Lipinski definition) is 2. The van der Waals surface area contributed by atoms with E-state index in [0.717, 1.165) is 41.5 Å². The second kappa shape index (κ2) is 16.7. The van der Waals surface area contributed by atoms with Gasteiger partial charge >= 0.3 is 0 Å². The number of carbonyl (C=O) groups excluding carboxylic acids is 1. The number of benzene rings is 2. The first-order chi connectivity index (χ1) is 20.1. The molecule has 1 unspecified atom stereocenters. The smallest absolute Gasteiger partial charge is 0.247 e. The fraction of sp³-hybridized carbons (Fsp3) is 0.353. The summed E-state index contributed by atoms with van der Waals surface area (Å²) in [6.07, 6.45) is 12.0. The number of aryl methyl sites for hydroxylation is 2. The highest BCUT2D eigenvalue weighted by Gasteiger charge is 2.21.